The van der Waals surface area contributed by atoms with Crippen molar-refractivity contribution in [2.45, 2.75) is 0 Å². The predicted octanol–water partition coefficient (Wildman–Crippen LogP) is 4.08. The first-order chi connectivity index (χ1) is 5.61. The number of hydrogen-bond donors (Lipinski definition) is 1. The quantitative estimate of drug-likeness (QED) is 0.711. The van der Waals surface area contributed by atoms with E-state index in [9.17, 15) is 0 Å². The number of aromatic hydroxyl groups is 1. The summed E-state index contributed by atoms with van der Waals surface area (Å²) in [6.45, 7) is 0. The van der Waals surface area contributed by atoms with Gasteiger partial charge in [0, 0.05) is 5.02 Å². The second kappa shape index (κ2) is 7.31. The Balaban J connectivity index is 0.000000354. The first-order valence-corrected chi connectivity index (χ1v) is 7.77. The molecule has 0 saturated heterocycles. The van der Waals surface area contributed by atoms with Crippen LogP contribution in [0.2, 0.25) is 10.0 Å². The molecule has 1 aromatic carbocycles. The van der Waals surface area contributed by atoms with Crippen LogP contribution in [-0.2, 0) is 17.0 Å². The Labute approximate surface area is 97.3 Å². The Morgan fingerprint density at radius 1 is 1.17 bits per heavy atom. The van der Waals surface area contributed by atoms with Gasteiger partial charge in [-0.25, -0.2) is 0 Å². The molecule has 0 bridgehead atoms. The zero-order chi connectivity index (χ0) is 9.56. The van der Waals surface area contributed by atoms with Crippen LogP contribution in [0, 0.1) is 0 Å². The van der Waals surface area contributed by atoms with Crippen molar-refractivity contribution in [3.8, 4) is 5.75 Å². The van der Waals surface area contributed by atoms with E-state index in [-0.39, 0.29) is 10.8 Å². The van der Waals surface area contributed by atoms with Crippen LogP contribution < -0.4 is 0 Å². The molecule has 66 valence electrons. The van der Waals surface area contributed by atoms with Gasteiger partial charge in [0.2, 0.25) is 0 Å². The van der Waals surface area contributed by atoms with Crippen LogP contribution in [0.5, 0.6) is 5.75 Å². The van der Waals surface area contributed by atoms with Gasteiger partial charge in [0.25, 0.3) is 0 Å². The molecule has 0 saturated carbocycles. The minimum absolute atomic E-state index is 0.0565. The fraction of sp³-hybridized carbons (Fsp3) is 0. The molecule has 6 heteroatoms. The van der Waals surface area contributed by atoms with E-state index in [0.717, 1.165) is 0 Å². The average Bonchev–Trinajstić information content (AvgIpc) is 1.99. The molecule has 0 aliphatic rings. The summed E-state index contributed by atoms with van der Waals surface area (Å²) in [5.74, 6) is 0.0565. The summed E-state index contributed by atoms with van der Waals surface area (Å²) in [4.78, 5) is 0. The van der Waals surface area contributed by atoms with Crippen molar-refractivity contribution in [1.29, 1.82) is 0 Å². The van der Waals surface area contributed by atoms with Gasteiger partial charge in [-0.3, -0.25) is 0 Å². The molecule has 1 rings (SSSR count). The third-order valence-corrected chi connectivity index (χ3v) is 1.45. The van der Waals surface area contributed by atoms with Crippen molar-refractivity contribution >= 4 is 41.8 Å². The maximum atomic E-state index is 8.85. The molecule has 0 aliphatic heterocycles. The van der Waals surface area contributed by atoms with Crippen LogP contribution in [0.3, 0.4) is 0 Å². The summed E-state index contributed by atoms with van der Waals surface area (Å²) in [6.07, 6.45) is 0. The Kier molecular flexibility index (Phi) is 7.86. The van der Waals surface area contributed by atoms with Crippen molar-refractivity contribution in [2.24, 2.45) is 0 Å². The normalized spacial score (nSPS) is 8.33. The third kappa shape index (κ3) is 5.52. The van der Waals surface area contributed by atoms with Gasteiger partial charge < -0.3 is 5.11 Å². The van der Waals surface area contributed by atoms with Gasteiger partial charge in [0.1, 0.15) is 5.75 Å². The molecule has 1 nitrogen and oxygen atoms in total. The SMILES string of the molecule is Oc1ccc(Cl)cc1Cl.[Cl][Ti][Cl]. The molecule has 0 heterocycles. The zero-order valence-corrected chi connectivity index (χ0v) is 10.3. The summed E-state index contributed by atoms with van der Waals surface area (Å²) >= 11 is 10.4. The Bertz CT molecular complexity index is 243. The molecule has 1 N–H and O–H groups in total. The molecule has 0 spiro atoms. The Morgan fingerprint density at radius 3 is 2.00 bits per heavy atom. The van der Waals surface area contributed by atoms with Crippen LogP contribution >= 0.6 is 41.8 Å². The first-order valence-electron chi connectivity index (χ1n) is 2.72. The topological polar surface area (TPSA) is 20.2 Å². The van der Waals surface area contributed by atoms with Crippen LogP contribution in [0.1, 0.15) is 0 Å². The number of phenolic OH excluding ortho intramolecular Hbond substituents is 1. The molecule has 0 unspecified atom stereocenters. The molecule has 0 amide bonds. The summed E-state index contributed by atoms with van der Waals surface area (Å²) in [5.41, 5.74) is 0. The van der Waals surface area contributed by atoms with Crippen molar-refractivity contribution in [3.63, 3.8) is 0 Å². The van der Waals surface area contributed by atoms with Crippen molar-refractivity contribution in [1.82, 2.24) is 0 Å². The van der Waals surface area contributed by atoms with E-state index in [2.05, 4.69) is 0 Å². The number of benzene rings is 1. The van der Waals surface area contributed by atoms with E-state index in [1.54, 1.807) is 6.07 Å². The van der Waals surface area contributed by atoms with Gasteiger partial charge in [-0.2, -0.15) is 0 Å². The van der Waals surface area contributed by atoms with Gasteiger partial charge >= 0.3 is 35.6 Å². The van der Waals surface area contributed by atoms with E-state index >= 15 is 0 Å². The predicted molar refractivity (Wildman–Crippen MR) is 49.8 cm³/mol. The van der Waals surface area contributed by atoms with Crippen molar-refractivity contribution in [3.05, 3.63) is 28.2 Å². The number of phenols is 1. The van der Waals surface area contributed by atoms with E-state index < -0.39 is 17.0 Å². The zero-order valence-electron chi connectivity index (χ0n) is 5.69. The molecular weight excluding hydrogens is 278 g/mol. The van der Waals surface area contributed by atoms with E-state index in [1.807, 2.05) is 0 Å². The summed E-state index contributed by atoms with van der Waals surface area (Å²) in [7, 11) is 9.78. The van der Waals surface area contributed by atoms with Crippen LogP contribution in [-0.4, -0.2) is 5.11 Å². The van der Waals surface area contributed by atoms with Gasteiger partial charge in [-0.15, -0.1) is 0 Å². The molecular formula is C6H4Cl4OTi. The molecule has 12 heavy (non-hydrogen) atoms. The van der Waals surface area contributed by atoms with E-state index in [0.29, 0.717) is 5.02 Å². The first kappa shape index (κ1) is 12.9. The number of rotatable bonds is 0. The maximum absolute atomic E-state index is 8.85. The molecule has 0 aliphatic carbocycles. The van der Waals surface area contributed by atoms with Gasteiger partial charge in [0.05, 0.1) is 5.02 Å². The second-order valence-electron chi connectivity index (χ2n) is 1.67. The standard InChI is InChI=1S/C6H4Cl2O.2ClH.Ti/c7-4-1-2-6(9)5(8)3-4;;;/h1-3,9H;2*1H;/q;;;+2/p-2. The summed E-state index contributed by atoms with van der Waals surface area (Å²) in [6, 6.07) is 4.51. The second-order valence-corrected chi connectivity index (χ2v) is 5.09. The van der Waals surface area contributed by atoms with Crippen LogP contribution in [0.25, 0.3) is 0 Å². The molecule has 0 fully saturated rings. The number of hydrogen-bond acceptors (Lipinski definition) is 1. The van der Waals surface area contributed by atoms with Crippen molar-refractivity contribution in [2.75, 3.05) is 0 Å². The van der Waals surface area contributed by atoms with Gasteiger partial charge in [-0.05, 0) is 18.2 Å². The minimum atomic E-state index is -0.556. The van der Waals surface area contributed by atoms with Gasteiger partial charge in [0.15, 0.2) is 0 Å². The van der Waals surface area contributed by atoms with Gasteiger partial charge in [-0.1, -0.05) is 23.2 Å². The third-order valence-electron chi connectivity index (χ3n) is 0.910. The van der Waals surface area contributed by atoms with E-state index in [1.165, 1.54) is 12.1 Å². The Hall–Kier alpha value is 0.894. The monoisotopic (exact) mass is 280 g/mol. The summed E-state index contributed by atoms with van der Waals surface area (Å²) in [5, 5.41) is 9.66. The fourth-order valence-corrected chi connectivity index (χ4v) is 0.890. The molecule has 0 aromatic heterocycles. The fourth-order valence-electron chi connectivity index (χ4n) is 0.481. The number of halogens is 4. The van der Waals surface area contributed by atoms with Crippen molar-refractivity contribution < 1.29 is 22.1 Å². The van der Waals surface area contributed by atoms with Crippen LogP contribution in [0.4, 0.5) is 0 Å². The molecule has 0 radical (unpaired) electrons. The van der Waals surface area contributed by atoms with Crippen LogP contribution in [0.15, 0.2) is 18.2 Å². The Morgan fingerprint density at radius 2 is 1.67 bits per heavy atom. The van der Waals surface area contributed by atoms with E-state index in [4.69, 9.17) is 46.9 Å². The molecule has 0 atom stereocenters. The summed E-state index contributed by atoms with van der Waals surface area (Å²) < 4.78 is 0. The molecule has 1 aromatic rings. The average molecular weight is 282 g/mol.